The minimum atomic E-state index is -0.677. The molecule has 16 heavy (non-hydrogen) atoms. The maximum absolute atomic E-state index is 11.9. The number of nitrogens with zero attached hydrogens (tertiary/aromatic N) is 1. The van der Waals surface area contributed by atoms with Gasteiger partial charge in [0.1, 0.15) is 11.7 Å². The maximum Gasteiger partial charge on any atom is 0.157 e. The van der Waals surface area contributed by atoms with Crippen LogP contribution >= 0.6 is 0 Å². The van der Waals surface area contributed by atoms with E-state index in [2.05, 4.69) is 6.07 Å². The Morgan fingerprint density at radius 3 is 2.75 bits per heavy atom. The molecule has 0 aromatic heterocycles. The van der Waals surface area contributed by atoms with Crippen molar-refractivity contribution in [3.05, 3.63) is 29.8 Å². The molecule has 0 heterocycles. The number of rotatable bonds is 4. The van der Waals surface area contributed by atoms with Crippen LogP contribution in [0.2, 0.25) is 0 Å². The minimum Gasteiger partial charge on any atom is -0.496 e. The number of para-hydroxylation sites is 1. The highest BCUT2D eigenvalue weighted by molar-refractivity contribution is 5.92. The molecule has 0 N–H and O–H groups in total. The van der Waals surface area contributed by atoms with Crippen LogP contribution in [-0.2, 0) is 4.79 Å². The fourth-order valence-corrected chi connectivity index (χ4v) is 1.79. The van der Waals surface area contributed by atoms with Crippen molar-refractivity contribution in [2.75, 3.05) is 7.11 Å². The summed E-state index contributed by atoms with van der Waals surface area (Å²) in [6, 6.07) is 9.30. The lowest BCUT2D eigenvalue weighted by Gasteiger charge is -2.12. The number of carbonyl (C=O) groups is 1. The molecular formula is C13H13NO2. The summed E-state index contributed by atoms with van der Waals surface area (Å²) in [4.78, 5) is 11.9. The van der Waals surface area contributed by atoms with Gasteiger partial charge >= 0.3 is 0 Å². The molecule has 0 spiro atoms. The molecule has 0 bridgehead atoms. The molecule has 1 aromatic carbocycles. The van der Waals surface area contributed by atoms with Gasteiger partial charge in [0.2, 0.25) is 0 Å². The van der Waals surface area contributed by atoms with Gasteiger partial charge in [-0.2, -0.15) is 5.26 Å². The highest BCUT2D eigenvalue weighted by atomic mass is 16.5. The molecule has 2 rings (SSSR count). The summed E-state index contributed by atoms with van der Waals surface area (Å²) in [5, 5.41) is 9.12. The highest BCUT2D eigenvalue weighted by Crippen LogP contribution is 2.37. The lowest BCUT2D eigenvalue weighted by Crippen LogP contribution is -2.13. The van der Waals surface area contributed by atoms with Crippen molar-refractivity contribution >= 4 is 5.78 Å². The lowest BCUT2D eigenvalue weighted by molar-refractivity contribution is -0.120. The lowest BCUT2D eigenvalue weighted by atomic mass is 9.93. The van der Waals surface area contributed by atoms with Crippen LogP contribution in [0.25, 0.3) is 0 Å². The minimum absolute atomic E-state index is 0.0343. The second-order valence-electron chi connectivity index (χ2n) is 3.98. The first-order valence-electron chi connectivity index (χ1n) is 5.34. The van der Waals surface area contributed by atoms with Gasteiger partial charge in [-0.25, -0.2) is 0 Å². The Kier molecular flexibility index (Phi) is 2.91. The van der Waals surface area contributed by atoms with Crippen LogP contribution in [0.15, 0.2) is 24.3 Å². The zero-order valence-electron chi connectivity index (χ0n) is 9.14. The Morgan fingerprint density at radius 2 is 2.19 bits per heavy atom. The maximum atomic E-state index is 11.9. The first-order chi connectivity index (χ1) is 7.77. The van der Waals surface area contributed by atoms with Gasteiger partial charge in [0.05, 0.1) is 13.2 Å². The second kappa shape index (κ2) is 4.36. The van der Waals surface area contributed by atoms with Gasteiger partial charge in [0.15, 0.2) is 5.78 Å². The molecule has 0 saturated heterocycles. The number of ketones is 1. The van der Waals surface area contributed by atoms with E-state index in [4.69, 9.17) is 10.00 Å². The molecule has 1 aliphatic rings. The van der Waals surface area contributed by atoms with Crippen LogP contribution in [0.5, 0.6) is 5.75 Å². The van der Waals surface area contributed by atoms with Crippen LogP contribution in [0.4, 0.5) is 0 Å². The average molecular weight is 215 g/mol. The first kappa shape index (κ1) is 10.7. The van der Waals surface area contributed by atoms with Gasteiger partial charge in [-0.1, -0.05) is 18.2 Å². The molecule has 0 radical (unpaired) electrons. The van der Waals surface area contributed by atoms with E-state index in [1.165, 1.54) is 0 Å². The van der Waals surface area contributed by atoms with Crippen LogP contribution < -0.4 is 4.74 Å². The Bertz CT molecular complexity index is 443. The SMILES string of the molecule is COc1ccccc1[C@H](C#N)C(=O)C1CC1. The molecule has 0 aliphatic heterocycles. The normalized spacial score (nSPS) is 16.2. The third kappa shape index (κ3) is 1.92. The van der Waals surface area contributed by atoms with Gasteiger partial charge in [-0.05, 0) is 18.9 Å². The number of hydrogen-bond acceptors (Lipinski definition) is 3. The van der Waals surface area contributed by atoms with Crippen LogP contribution in [0, 0.1) is 17.2 Å². The first-order valence-corrected chi connectivity index (χ1v) is 5.34. The highest BCUT2D eigenvalue weighted by Gasteiger charge is 2.36. The van der Waals surface area contributed by atoms with Crippen LogP contribution in [0.1, 0.15) is 24.3 Å². The van der Waals surface area contributed by atoms with E-state index in [-0.39, 0.29) is 11.7 Å². The van der Waals surface area contributed by atoms with Crippen molar-refractivity contribution in [1.82, 2.24) is 0 Å². The van der Waals surface area contributed by atoms with Crippen molar-refractivity contribution in [3.63, 3.8) is 0 Å². The molecule has 0 amide bonds. The molecule has 3 nitrogen and oxygen atoms in total. The van der Waals surface area contributed by atoms with Crippen molar-refractivity contribution in [3.8, 4) is 11.8 Å². The van der Waals surface area contributed by atoms with Gasteiger partial charge in [-0.15, -0.1) is 0 Å². The summed E-state index contributed by atoms with van der Waals surface area (Å²) < 4.78 is 5.18. The molecule has 1 atom stereocenters. The van der Waals surface area contributed by atoms with Crippen LogP contribution in [0.3, 0.4) is 0 Å². The van der Waals surface area contributed by atoms with Gasteiger partial charge in [0, 0.05) is 11.5 Å². The number of nitriles is 1. The van der Waals surface area contributed by atoms with Crippen molar-refractivity contribution < 1.29 is 9.53 Å². The largest absolute Gasteiger partial charge is 0.496 e. The van der Waals surface area contributed by atoms with E-state index in [1.54, 1.807) is 19.2 Å². The van der Waals surface area contributed by atoms with E-state index in [0.29, 0.717) is 11.3 Å². The molecular weight excluding hydrogens is 202 g/mol. The summed E-state index contributed by atoms with van der Waals surface area (Å²) in [6.45, 7) is 0. The summed E-state index contributed by atoms with van der Waals surface area (Å²) in [7, 11) is 1.55. The quantitative estimate of drug-likeness (QED) is 0.774. The number of carbonyl (C=O) groups excluding carboxylic acids is 1. The predicted molar refractivity (Wildman–Crippen MR) is 59.1 cm³/mol. The van der Waals surface area contributed by atoms with E-state index in [0.717, 1.165) is 12.8 Å². The molecule has 3 heteroatoms. The monoisotopic (exact) mass is 215 g/mol. The van der Waals surface area contributed by atoms with Crippen LogP contribution in [-0.4, -0.2) is 12.9 Å². The van der Waals surface area contributed by atoms with Crippen molar-refractivity contribution in [2.45, 2.75) is 18.8 Å². The number of benzene rings is 1. The van der Waals surface area contributed by atoms with Crippen molar-refractivity contribution in [2.24, 2.45) is 5.92 Å². The number of Topliss-reactive ketones (excluding diaryl/α,β-unsaturated/α-hetero) is 1. The number of hydrogen-bond donors (Lipinski definition) is 0. The van der Waals surface area contributed by atoms with E-state index >= 15 is 0 Å². The van der Waals surface area contributed by atoms with E-state index in [1.807, 2.05) is 12.1 Å². The Morgan fingerprint density at radius 1 is 1.50 bits per heavy atom. The summed E-state index contributed by atoms with van der Waals surface area (Å²) in [5.74, 6) is 0.0632. The predicted octanol–water partition coefficient (Wildman–Crippen LogP) is 2.28. The Hall–Kier alpha value is -1.82. The topological polar surface area (TPSA) is 50.1 Å². The third-order valence-corrected chi connectivity index (χ3v) is 2.84. The summed E-state index contributed by atoms with van der Waals surface area (Å²) in [6.07, 6.45) is 1.85. The number of ether oxygens (including phenoxy) is 1. The fourth-order valence-electron chi connectivity index (χ4n) is 1.79. The fraction of sp³-hybridized carbons (Fsp3) is 0.385. The smallest absolute Gasteiger partial charge is 0.157 e. The molecule has 1 fully saturated rings. The van der Waals surface area contributed by atoms with Crippen molar-refractivity contribution in [1.29, 1.82) is 5.26 Å². The van der Waals surface area contributed by atoms with E-state index in [9.17, 15) is 4.79 Å². The van der Waals surface area contributed by atoms with Gasteiger partial charge in [0.25, 0.3) is 0 Å². The van der Waals surface area contributed by atoms with E-state index < -0.39 is 5.92 Å². The Labute approximate surface area is 94.6 Å². The van der Waals surface area contributed by atoms with Gasteiger partial charge < -0.3 is 4.74 Å². The summed E-state index contributed by atoms with van der Waals surface area (Å²) in [5.41, 5.74) is 0.685. The molecule has 1 aromatic rings. The zero-order chi connectivity index (χ0) is 11.5. The molecule has 82 valence electrons. The standard InChI is InChI=1S/C13H13NO2/c1-16-12-5-3-2-4-10(12)11(8-14)13(15)9-6-7-9/h2-5,9,11H,6-7H2,1H3/t11-/m0/s1. The Balaban J connectivity index is 2.32. The average Bonchev–Trinajstić information content (AvgIpc) is 3.14. The third-order valence-electron chi connectivity index (χ3n) is 2.84. The second-order valence-corrected chi connectivity index (χ2v) is 3.98. The van der Waals surface area contributed by atoms with Gasteiger partial charge in [-0.3, -0.25) is 4.79 Å². The number of methoxy groups -OCH3 is 1. The summed E-state index contributed by atoms with van der Waals surface area (Å²) >= 11 is 0. The molecule has 0 unspecified atom stereocenters. The molecule has 1 aliphatic carbocycles. The molecule has 1 saturated carbocycles. The zero-order valence-corrected chi connectivity index (χ0v) is 9.14.